The minimum atomic E-state index is -0.699. The third kappa shape index (κ3) is 5.93. The molecule has 0 bridgehead atoms. The number of fused-ring (bicyclic) bond motifs is 1. The highest BCUT2D eigenvalue weighted by Gasteiger charge is 2.28. The third-order valence-corrected chi connectivity index (χ3v) is 6.37. The minimum absolute atomic E-state index is 0.0356. The molecule has 3 aromatic rings. The summed E-state index contributed by atoms with van der Waals surface area (Å²) in [7, 11) is 0. The highest BCUT2D eigenvalue weighted by molar-refractivity contribution is 6.35. The van der Waals surface area contributed by atoms with E-state index in [1.807, 2.05) is 48.5 Å². The summed E-state index contributed by atoms with van der Waals surface area (Å²) in [5.74, 6) is -0.169. The van der Waals surface area contributed by atoms with Gasteiger partial charge in [-0.05, 0) is 59.4 Å². The summed E-state index contributed by atoms with van der Waals surface area (Å²) in [6.45, 7) is 0.961. The van der Waals surface area contributed by atoms with Crippen molar-refractivity contribution < 1.29 is 9.59 Å². The van der Waals surface area contributed by atoms with Crippen molar-refractivity contribution in [3.63, 3.8) is 0 Å². The summed E-state index contributed by atoms with van der Waals surface area (Å²) < 4.78 is 0. The van der Waals surface area contributed by atoms with Crippen LogP contribution in [0.2, 0.25) is 10.0 Å². The van der Waals surface area contributed by atoms with E-state index in [9.17, 15) is 9.59 Å². The monoisotopic (exact) mass is 481 g/mol. The second-order valence-corrected chi connectivity index (χ2v) is 9.10. The van der Waals surface area contributed by atoms with Crippen LogP contribution in [-0.2, 0) is 35.5 Å². The minimum Gasteiger partial charge on any atom is -0.333 e. The van der Waals surface area contributed by atoms with Gasteiger partial charge in [0, 0.05) is 35.2 Å². The molecule has 0 saturated carbocycles. The molecule has 7 heteroatoms. The summed E-state index contributed by atoms with van der Waals surface area (Å²) in [4.78, 5) is 27.0. The van der Waals surface area contributed by atoms with Gasteiger partial charge in [-0.25, -0.2) is 0 Å². The highest BCUT2D eigenvalue weighted by Crippen LogP contribution is 2.27. The van der Waals surface area contributed by atoms with E-state index in [-0.39, 0.29) is 11.8 Å². The van der Waals surface area contributed by atoms with Gasteiger partial charge in [0.15, 0.2) is 0 Å². The van der Waals surface area contributed by atoms with Gasteiger partial charge in [-0.2, -0.15) is 0 Å². The van der Waals surface area contributed by atoms with Crippen molar-refractivity contribution in [3.8, 4) is 0 Å². The molecule has 33 heavy (non-hydrogen) atoms. The average Bonchev–Trinajstić information content (AvgIpc) is 3.23. The normalized spacial score (nSPS) is 13.5. The van der Waals surface area contributed by atoms with Crippen molar-refractivity contribution >= 4 is 40.7 Å². The number of carbonyl (C=O) groups excluding carboxylic acids is 2. The Morgan fingerprint density at radius 3 is 2.48 bits per heavy atom. The fourth-order valence-electron chi connectivity index (χ4n) is 4.00. The van der Waals surface area contributed by atoms with E-state index in [4.69, 9.17) is 28.9 Å². The van der Waals surface area contributed by atoms with Crippen LogP contribution in [0.3, 0.4) is 0 Å². The van der Waals surface area contributed by atoms with E-state index in [0.717, 1.165) is 27.9 Å². The summed E-state index contributed by atoms with van der Waals surface area (Å²) in [6.07, 6.45) is 1.44. The Balaban J connectivity index is 1.33. The maximum Gasteiger partial charge on any atom is 0.240 e. The number of aryl methyl sites for hydroxylation is 1. The smallest absolute Gasteiger partial charge is 0.240 e. The number of anilines is 1. The van der Waals surface area contributed by atoms with E-state index in [2.05, 4.69) is 5.32 Å². The van der Waals surface area contributed by atoms with Gasteiger partial charge in [-0.15, -0.1) is 0 Å². The Bertz CT molecular complexity index is 1170. The molecule has 0 spiro atoms. The Morgan fingerprint density at radius 1 is 0.970 bits per heavy atom. The summed E-state index contributed by atoms with van der Waals surface area (Å²) in [6, 6.07) is 20.2. The van der Waals surface area contributed by atoms with E-state index in [1.165, 1.54) is 0 Å². The van der Waals surface area contributed by atoms with Crippen molar-refractivity contribution in [2.24, 2.45) is 5.73 Å². The quantitative estimate of drug-likeness (QED) is 0.499. The fraction of sp³-hybridized carbons (Fsp3) is 0.231. The van der Waals surface area contributed by atoms with Crippen molar-refractivity contribution in [1.29, 1.82) is 0 Å². The van der Waals surface area contributed by atoms with Crippen molar-refractivity contribution in [2.45, 2.75) is 38.4 Å². The number of nitrogens with one attached hydrogen (secondary N) is 1. The van der Waals surface area contributed by atoms with Crippen LogP contribution in [-0.4, -0.2) is 22.8 Å². The Labute approximate surface area is 203 Å². The Kier molecular flexibility index (Phi) is 7.33. The molecule has 0 aliphatic carbocycles. The second kappa shape index (κ2) is 10.4. The molecule has 0 saturated heterocycles. The number of hydrogen-bond donors (Lipinski definition) is 2. The van der Waals surface area contributed by atoms with Gasteiger partial charge < -0.3 is 16.0 Å². The maximum atomic E-state index is 12.9. The molecule has 1 atom stereocenters. The van der Waals surface area contributed by atoms with Crippen LogP contribution in [0, 0.1) is 0 Å². The predicted molar refractivity (Wildman–Crippen MR) is 132 cm³/mol. The first kappa shape index (κ1) is 23.3. The molecular weight excluding hydrogens is 457 g/mol. The molecular formula is C26H25Cl2N3O2. The predicted octanol–water partition coefficient (Wildman–Crippen LogP) is 4.98. The zero-order valence-electron chi connectivity index (χ0n) is 18.1. The van der Waals surface area contributed by atoms with Crippen molar-refractivity contribution in [3.05, 3.63) is 99.0 Å². The molecule has 5 nitrogen and oxygen atoms in total. The molecule has 3 N–H and O–H groups in total. The molecule has 170 valence electrons. The first-order chi connectivity index (χ1) is 15.9. The molecule has 1 aliphatic heterocycles. The van der Waals surface area contributed by atoms with E-state index in [0.29, 0.717) is 42.4 Å². The van der Waals surface area contributed by atoms with Crippen molar-refractivity contribution in [2.75, 3.05) is 5.32 Å². The van der Waals surface area contributed by atoms with Gasteiger partial charge in [0.05, 0.1) is 6.04 Å². The second-order valence-electron chi connectivity index (χ2n) is 8.26. The van der Waals surface area contributed by atoms with Gasteiger partial charge in [0.25, 0.3) is 0 Å². The lowest BCUT2D eigenvalue weighted by atomic mass is 10.1. The van der Waals surface area contributed by atoms with Gasteiger partial charge in [0.1, 0.15) is 0 Å². The van der Waals surface area contributed by atoms with Crippen LogP contribution in [0.1, 0.15) is 28.7 Å². The zero-order valence-corrected chi connectivity index (χ0v) is 19.6. The van der Waals surface area contributed by atoms with Crippen LogP contribution < -0.4 is 11.1 Å². The Hall–Kier alpha value is -2.86. The van der Waals surface area contributed by atoms with Crippen LogP contribution in [0.5, 0.6) is 0 Å². The average molecular weight is 482 g/mol. The third-order valence-electron chi connectivity index (χ3n) is 5.78. The molecule has 1 heterocycles. The van der Waals surface area contributed by atoms with E-state index < -0.39 is 6.04 Å². The molecule has 1 aliphatic rings. The number of halogens is 2. The van der Waals surface area contributed by atoms with Crippen molar-refractivity contribution in [1.82, 2.24) is 4.90 Å². The van der Waals surface area contributed by atoms with Gasteiger partial charge >= 0.3 is 0 Å². The molecule has 3 aromatic carbocycles. The summed E-state index contributed by atoms with van der Waals surface area (Å²) >= 11 is 12.2. The molecule has 0 fully saturated rings. The lowest BCUT2D eigenvalue weighted by Gasteiger charge is -2.20. The Morgan fingerprint density at radius 2 is 1.73 bits per heavy atom. The topological polar surface area (TPSA) is 75.4 Å². The van der Waals surface area contributed by atoms with E-state index >= 15 is 0 Å². The highest BCUT2D eigenvalue weighted by atomic mass is 35.5. The first-order valence-corrected chi connectivity index (χ1v) is 11.6. The number of benzene rings is 3. The number of nitrogens with zero attached hydrogens (tertiary/aromatic N) is 1. The lowest BCUT2D eigenvalue weighted by molar-refractivity contribution is -0.133. The summed E-state index contributed by atoms with van der Waals surface area (Å²) in [5, 5.41) is 4.01. The fourth-order valence-corrected chi connectivity index (χ4v) is 4.49. The van der Waals surface area contributed by atoms with Crippen LogP contribution in [0.4, 0.5) is 5.69 Å². The number of nitrogens with two attached hydrogens (primary N) is 1. The molecule has 0 radical (unpaired) electrons. The van der Waals surface area contributed by atoms with Gasteiger partial charge in [0.2, 0.25) is 11.8 Å². The number of rotatable bonds is 7. The SMILES string of the molecule is N[C@H](Cc1ccc(Cl)cc1Cl)C(=O)N1Cc2ccc(NC(=O)CCc3ccccc3)cc2C1. The largest absolute Gasteiger partial charge is 0.333 e. The van der Waals surface area contributed by atoms with Gasteiger partial charge in [-0.1, -0.05) is 65.7 Å². The first-order valence-electron chi connectivity index (χ1n) is 10.8. The standard InChI is InChI=1S/C26H25Cl2N3O2/c27-21-9-7-18(23(28)14-21)13-24(29)26(33)31-15-19-8-10-22(12-20(19)16-31)30-25(32)11-6-17-4-2-1-3-5-17/h1-5,7-10,12,14,24H,6,11,13,15-16,29H2,(H,30,32)/t24-/m1/s1. The molecule has 0 unspecified atom stereocenters. The van der Waals surface area contributed by atoms with Crippen LogP contribution in [0.25, 0.3) is 0 Å². The lowest BCUT2D eigenvalue weighted by Crippen LogP contribution is -2.42. The number of carbonyl (C=O) groups is 2. The van der Waals surface area contributed by atoms with Crippen LogP contribution >= 0.6 is 23.2 Å². The number of hydrogen-bond acceptors (Lipinski definition) is 3. The molecule has 0 aromatic heterocycles. The molecule has 4 rings (SSSR count). The summed E-state index contributed by atoms with van der Waals surface area (Å²) in [5.41, 5.74) is 10.9. The number of amides is 2. The maximum absolute atomic E-state index is 12.9. The molecule has 2 amide bonds. The van der Waals surface area contributed by atoms with E-state index in [1.54, 1.807) is 23.1 Å². The zero-order chi connectivity index (χ0) is 23.4. The van der Waals surface area contributed by atoms with Gasteiger partial charge in [-0.3, -0.25) is 9.59 Å². The van der Waals surface area contributed by atoms with Crippen LogP contribution in [0.15, 0.2) is 66.7 Å².